The normalized spacial score (nSPS) is 20.3. The fourth-order valence-electron chi connectivity index (χ4n) is 6.53. The summed E-state index contributed by atoms with van der Waals surface area (Å²) >= 11 is 5.47. The van der Waals surface area contributed by atoms with Gasteiger partial charge in [0.05, 0.1) is 28.9 Å². The van der Waals surface area contributed by atoms with Crippen LogP contribution >= 0.6 is 11.6 Å². The van der Waals surface area contributed by atoms with E-state index in [1.807, 2.05) is 0 Å². The molecule has 0 bridgehead atoms. The number of carbonyl (C=O) groups is 5. The minimum Gasteiger partial charge on any atom is -0.452 e. The van der Waals surface area contributed by atoms with Crippen molar-refractivity contribution in [2.24, 2.45) is 0 Å². The number of hydrogen-bond donors (Lipinski definition) is 1. The zero-order valence-corrected chi connectivity index (χ0v) is 31.6. The van der Waals surface area contributed by atoms with E-state index in [0.29, 0.717) is 25.7 Å². The first kappa shape index (κ1) is 41.8. The number of benzene rings is 4. The first-order valence-electron chi connectivity index (χ1n) is 18.7. The number of aliphatic hydroxyl groups is 1. The van der Waals surface area contributed by atoms with Crippen molar-refractivity contribution in [3.05, 3.63) is 144 Å². The summed E-state index contributed by atoms with van der Waals surface area (Å²) in [5.74, 6) is -5.51. The molecule has 0 saturated carbocycles. The largest absolute Gasteiger partial charge is 0.452 e. The van der Waals surface area contributed by atoms with Gasteiger partial charge in [0, 0.05) is 12.8 Å². The highest BCUT2D eigenvalue weighted by atomic mass is 35.5. The summed E-state index contributed by atoms with van der Waals surface area (Å²) in [5.41, 5.74) is 0.608. The van der Waals surface area contributed by atoms with Crippen molar-refractivity contribution < 1.29 is 52.8 Å². The van der Waals surface area contributed by atoms with E-state index in [4.69, 9.17) is 35.3 Å². The number of esters is 4. The van der Waals surface area contributed by atoms with Gasteiger partial charge in [-0.15, -0.1) is 0 Å². The maximum Gasteiger partial charge on any atom is 0.340 e. The summed E-state index contributed by atoms with van der Waals surface area (Å²) in [6.07, 6.45) is -0.998. The number of unbranched alkanes of at least 4 members (excludes halogenated alkanes) is 6. The predicted molar refractivity (Wildman–Crippen MR) is 206 cm³/mol. The second-order valence-corrected chi connectivity index (χ2v) is 13.8. The fourth-order valence-corrected chi connectivity index (χ4v) is 6.66. The molecule has 1 aliphatic rings. The van der Waals surface area contributed by atoms with E-state index in [1.54, 1.807) is 84.9 Å². The lowest BCUT2D eigenvalue weighted by molar-refractivity contribution is -0.345. The Bertz CT molecular complexity index is 1870. The third kappa shape index (κ3) is 11.6. The van der Waals surface area contributed by atoms with E-state index in [1.165, 1.54) is 36.4 Å². The molecule has 1 fully saturated rings. The third-order valence-electron chi connectivity index (χ3n) is 9.38. The number of aliphatic hydroxyl groups excluding tert-OH is 1. The molecule has 294 valence electrons. The summed E-state index contributed by atoms with van der Waals surface area (Å²) in [5, 5.41) is 10.5. The van der Waals surface area contributed by atoms with Gasteiger partial charge in [0.1, 0.15) is 6.10 Å². The Morgan fingerprint density at radius 2 is 0.929 bits per heavy atom. The molecule has 1 saturated heterocycles. The molecule has 1 heterocycles. The second-order valence-electron chi connectivity index (χ2n) is 13.4. The van der Waals surface area contributed by atoms with Gasteiger partial charge in [-0.05, 0) is 73.0 Å². The summed E-state index contributed by atoms with van der Waals surface area (Å²) < 4.78 is 31.1. The van der Waals surface area contributed by atoms with Crippen molar-refractivity contribution in [2.75, 3.05) is 6.61 Å². The lowest BCUT2D eigenvalue weighted by Gasteiger charge is -2.50. The molecule has 12 heteroatoms. The van der Waals surface area contributed by atoms with E-state index >= 15 is 0 Å². The Morgan fingerprint density at radius 3 is 1.38 bits per heavy atom. The zero-order chi connectivity index (χ0) is 39.8. The van der Waals surface area contributed by atoms with Gasteiger partial charge in [0.2, 0.25) is 11.3 Å². The van der Waals surface area contributed by atoms with E-state index in [-0.39, 0.29) is 33.9 Å². The predicted octanol–water partition coefficient (Wildman–Crippen LogP) is 7.88. The lowest BCUT2D eigenvalue weighted by Crippen LogP contribution is -2.69. The van der Waals surface area contributed by atoms with Gasteiger partial charge < -0.3 is 28.8 Å². The standard InChI is InChI=1S/C44H45ClO11/c45-36(47)28-18-4-2-1-3-5-19-29-44(56-43(51)34-26-16-9-17-27-34)39(54-42(50)33-24-14-8-15-25-33)38(53-41(49)32-22-12-7-13-23-32)37(35(30-46)55-44)52-40(48)31-20-10-6-11-21-31/h6-17,20-27,35,37-39,46H,1-5,18-19,28-30H2/t35-,37-,38+,39-,44-/m1/s1. The zero-order valence-electron chi connectivity index (χ0n) is 30.8. The summed E-state index contributed by atoms with van der Waals surface area (Å²) in [7, 11) is 0. The lowest BCUT2D eigenvalue weighted by atomic mass is 9.88. The van der Waals surface area contributed by atoms with Gasteiger partial charge in [-0.1, -0.05) is 105 Å². The molecule has 56 heavy (non-hydrogen) atoms. The van der Waals surface area contributed by atoms with Crippen LogP contribution in [0.1, 0.15) is 99.2 Å². The molecule has 4 aromatic carbocycles. The molecule has 5 rings (SSSR count). The Kier molecular flexibility index (Phi) is 15.7. The van der Waals surface area contributed by atoms with Crippen LogP contribution in [0.3, 0.4) is 0 Å². The van der Waals surface area contributed by atoms with Crippen LogP contribution in [0.2, 0.25) is 0 Å². The first-order valence-corrected chi connectivity index (χ1v) is 19.1. The molecule has 1 N–H and O–H groups in total. The van der Waals surface area contributed by atoms with E-state index in [2.05, 4.69) is 0 Å². The van der Waals surface area contributed by atoms with Crippen LogP contribution in [0, 0.1) is 0 Å². The minimum absolute atomic E-state index is 0.0612. The van der Waals surface area contributed by atoms with Crippen LogP contribution in [0.4, 0.5) is 0 Å². The van der Waals surface area contributed by atoms with Crippen LogP contribution in [0.25, 0.3) is 0 Å². The number of halogens is 1. The maximum atomic E-state index is 14.0. The van der Waals surface area contributed by atoms with Gasteiger partial charge in [-0.25, -0.2) is 19.2 Å². The van der Waals surface area contributed by atoms with Crippen LogP contribution in [0.15, 0.2) is 121 Å². The molecule has 11 nitrogen and oxygen atoms in total. The summed E-state index contributed by atoms with van der Waals surface area (Å²) in [6, 6.07) is 32.3. The fraction of sp³-hybridized carbons (Fsp3) is 0.341. The van der Waals surface area contributed by atoms with Crippen LogP contribution in [0.5, 0.6) is 0 Å². The Balaban J connectivity index is 1.55. The van der Waals surface area contributed by atoms with Crippen LogP contribution in [-0.2, 0) is 28.5 Å². The molecule has 0 amide bonds. The van der Waals surface area contributed by atoms with Gasteiger partial charge in [-0.3, -0.25) is 4.79 Å². The molecule has 1 aliphatic heterocycles. The molecule has 0 spiro atoms. The second kappa shape index (κ2) is 21.1. The molecule has 4 aromatic rings. The molecular formula is C44H45ClO11. The minimum atomic E-state index is -2.15. The van der Waals surface area contributed by atoms with Crippen molar-refractivity contribution in [3.63, 3.8) is 0 Å². The molecule has 0 aliphatic carbocycles. The van der Waals surface area contributed by atoms with Gasteiger partial charge >= 0.3 is 23.9 Å². The van der Waals surface area contributed by atoms with E-state index in [0.717, 1.165) is 25.7 Å². The van der Waals surface area contributed by atoms with Gasteiger partial charge in [0.15, 0.2) is 12.2 Å². The first-order chi connectivity index (χ1) is 27.2. The molecular weight excluding hydrogens is 740 g/mol. The summed E-state index contributed by atoms with van der Waals surface area (Å²) in [6.45, 7) is -0.763. The van der Waals surface area contributed by atoms with Crippen LogP contribution < -0.4 is 0 Å². The highest BCUT2D eigenvalue weighted by Gasteiger charge is 2.62. The maximum absolute atomic E-state index is 14.0. The van der Waals surface area contributed by atoms with Crippen molar-refractivity contribution in [3.8, 4) is 0 Å². The number of carbonyl (C=O) groups excluding carboxylic acids is 5. The van der Waals surface area contributed by atoms with Crippen molar-refractivity contribution in [1.29, 1.82) is 0 Å². The average Bonchev–Trinajstić information content (AvgIpc) is 3.23. The van der Waals surface area contributed by atoms with Gasteiger partial charge in [0.25, 0.3) is 5.79 Å². The Hall–Kier alpha value is -5.36. The molecule has 0 aromatic heterocycles. The Labute approximate surface area is 330 Å². The van der Waals surface area contributed by atoms with Crippen molar-refractivity contribution >= 4 is 40.7 Å². The van der Waals surface area contributed by atoms with Crippen molar-refractivity contribution in [2.45, 2.75) is 88.0 Å². The van der Waals surface area contributed by atoms with Crippen molar-refractivity contribution in [1.82, 2.24) is 0 Å². The highest BCUT2D eigenvalue weighted by Crippen LogP contribution is 2.41. The quantitative estimate of drug-likeness (QED) is 0.0428. The number of rotatable bonds is 19. The third-order valence-corrected chi connectivity index (χ3v) is 9.56. The SMILES string of the molecule is O=C(Cl)CCCCCCCCC[C@]1(OC(=O)c2ccccc2)O[C@H](CO)[C@@H](OC(=O)c2ccccc2)[C@H](OC(=O)c2ccccc2)[C@H]1OC(=O)c1ccccc1. The highest BCUT2D eigenvalue weighted by molar-refractivity contribution is 6.63. The average molecular weight is 785 g/mol. The van der Waals surface area contributed by atoms with Crippen LogP contribution in [-0.4, -0.2) is 71.0 Å². The molecule has 5 atom stereocenters. The summed E-state index contributed by atoms with van der Waals surface area (Å²) in [4.78, 5) is 66.5. The van der Waals surface area contributed by atoms with Gasteiger partial charge in [-0.2, -0.15) is 0 Å². The number of hydrogen-bond acceptors (Lipinski definition) is 11. The Morgan fingerprint density at radius 1 is 0.536 bits per heavy atom. The van der Waals surface area contributed by atoms with E-state index in [9.17, 15) is 29.1 Å². The van der Waals surface area contributed by atoms with E-state index < -0.39 is 60.7 Å². The topological polar surface area (TPSA) is 152 Å². The number of ether oxygens (including phenoxy) is 5. The molecule has 0 radical (unpaired) electrons. The monoisotopic (exact) mass is 784 g/mol. The smallest absolute Gasteiger partial charge is 0.340 e. The molecule has 0 unspecified atom stereocenters.